The van der Waals surface area contributed by atoms with Gasteiger partial charge in [-0.05, 0) is 64.0 Å². The number of benzene rings is 1. The number of nitrogens with zero attached hydrogens (tertiary/aromatic N) is 2. The summed E-state index contributed by atoms with van der Waals surface area (Å²) in [6.45, 7) is 8.83. The highest BCUT2D eigenvalue weighted by Gasteiger charge is 2.29. The standard InChI is InChI=1S/C23H32N2O4/c1-22(2,3)29-21(27)25-14-11-18(12-15-25)17-6-8-19(9-7-17)23(4,16-24)13-10-20(26)28-5/h6-9,18H,10-15H2,1-5H3. The van der Waals surface area contributed by atoms with E-state index in [0.717, 1.165) is 18.4 Å². The smallest absolute Gasteiger partial charge is 0.410 e. The van der Waals surface area contributed by atoms with Crippen LogP contribution < -0.4 is 0 Å². The maximum atomic E-state index is 12.2. The van der Waals surface area contributed by atoms with Crippen LogP contribution in [0.4, 0.5) is 4.79 Å². The molecule has 1 aromatic carbocycles. The molecule has 1 atom stereocenters. The molecule has 6 nitrogen and oxygen atoms in total. The molecule has 0 radical (unpaired) electrons. The van der Waals surface area contributed by atoms with Crippen molar-refractivity contribution in [3.05, 3.63) is 35.4 Å². The summed E-state index contributed by atoms with van der Waals surface area (Å²) in [5.74, 6) is 0.0750. The minimum Gasteiger partial charge on any atom is -0.469 e. The fourth-order valence-corrected chi connectivity index (χ4v) is 3.56. The van der Waals surface area contributed by atoms with Crippen LogP contribution in [-0.4, -0.2) is 42.8 Å². The van der Waals surface area contributed by atoms with Gasteiger partial charge >= 0.3 is 12.1 Å². The first-order valence-electron chi connectivity index (χ1n) is 10.1. The lowest BCUT2D eigenvalue weighted by atomic mass is 9.78. The molecular weight excluding hydrogens is 368 g/mol. The number of hydrogen-bond acceptors (Lipinski definition) is 5. The molecule has 1 fully saturated rings. The first-order valence-corrected chi connectivity index (χ1v) is 10.1. The van der Waals surface area contributed by atoms with Crippen molar-refractivity contribution in [2.24, 2.45) is 0 Å². The Balaban J connectivity index is 1.98. The molecule has 0 aromatic heterocycles. The number of carbonyl (C=O) groups is 2. The van der Waals surface area contributed by atoms with Crippen molar-refractivity contribution in [2.45, 2.75) is 70.3 Å². The van der Waals surface area contributed by atoms with Gasteiger partial charge in [-0.1, -0.05) is 24.3 Å². The van der Waals surface area contributed by atoms with Gasteiger partial charge in [-0.2, -0.15) is 5.26 Å². The Morgan fingerprint density at radius 2 is 1.72 bits per heavy atom. The number of methoxy groups -OCH3 is 1. The Bertz CT molecular complexity index is 753. The van der Waals surface area contributed by atoms with E-state index in [-0.39, 0.29) is 18.5 Å². The fraction of sp³-hybridized carbons (Fsp3) is 0.609. The minimum atomic E-state index is -0.729. The van der Waals surface area contributed by atoms with Crippen LogP contribution >= 0.6 is 0 Å². The van der Waals surface area contributed by atoms with Crippen molar-refractivity contribution in [1.82, 2.24) is 4.90 Å². The average molecular weight is 401 g/mol. The molecule has 1 saturated heterocycles. The third-order valence-electron chi connectivity index (χ3n) is 5.47. The molecule has 0 saturated carbocycles. The molecule has 6 heteroatoms. The van der Waals surface area contributed by atoms with Crippen LogP contribution in [0, 0.1) is 11.3 Å². The van der Waals surface area contributed by atoms with Crippen molar-refractivity contribution in [3.63, 3.8) is 0 Å². The van der Waals surface area contributed by atoms with Crippen LogP contribution in [0.15, 0.2) is 24.3 Å². The van der Waals surface area contributed by atoms with E-state index < -0.39 is 11.0 Å². The van der Waals surface area contributed by atoms with Gasteiger partial charge < -0.3 is 14.4 Å². The Morgan fingerprint density at radius 3 is 2.21 bits per heavy atom. The molecule has 0 aliphatic carbocycles. The van der Waals surface area contributed by atoms with E-state index >= 15 is 0 Å². The van der Waals surface area contributed by atoms with Gasteiger partial charge in [0.25, 0.3) is 0 Å². The molecular formula is C23H32N2O4. The zero-order valence-electron chi connectivity index (χ0n) is 18.2. The Hall–Kier alpha value is -2.55. The first-order chi connectivity index (χ1) is 13.6. The van der Waals surface area contributed by atoms with E-state index in [1.54, 1.807) is 4.90 Å². The Kier molecular flexibility index (Phi) is 7.29. The predicted octanol–water partition coefficient (Wildman–Crippen LogP) is 4.54. The summed E-state index contributed by atoms with van der Waals surface area (Å²) in [7, 11) is 1.36. The Labute approximate surface area is 173 Å². The number of nitriles is 1. The molecule has 1 heterocycles. The van der Waals surface area contributed by atoms with E-state index in [2.05, 4.69) is 18.2 Å². The maximum Gasteiger partial charge on any atom is 0.410 e. The molecule has 2 rings (SSSR count). The van der Waals surface area contributed by atoms with Crippen LogP contribution in [0.5, 0.6) is 0 Å². The summed E-state index contributed by atoms with van der Waals surface area (Å²) >= 11 is 0. The topological polar surface area (TPSA) is 79.6 Å². The maximum absolute atomic E-state index is 12.2. The molecule has 29 heavy (non-hydrogen) atoms. The van der Waals surface area contributed by atoms with Crippen LogP contribution in [-0.2, 0) is 19.7 Å². The first kappa shape index (κ1) is 22.7. The van der Waals surface area contributed by atoms with Gasteiger partial charge in [0.15, 0.2) is 0 Å². The van der Waals surface area contributed by atoms with Gasteiger partial charge in [0, 0.05) is 19.5 Å². The lowest BCUT2D eigenvalue weighted by Crippen LogP contribution is -2.41. The zero-order valence-corrected chi connectivity index (χ0v) is 18.2. The van der Waals surface area contributed by atoms with Gasteiger partial charge in [0.1, 0.15) is 5.60 Å². The van der Waals surface area contributed by atoms with E-state index in [1.807, 2.05) is 39.8 Å². The Morgan fingerprint density at radius 1 is 1.14 bits per heavy atom. The van der Waals surface area contributed by atoms with Gasteiger partial charge in [0.05, 0.1) is 18.6 Å². The summed E-state index contributed by atoms with van der Waals surface area (Å²) in [4.78, 5) is 25.4. The molecule has 0 N–H and O–H groups in total. The molecule has 1 aliphatic rings. The number of piperidine rings is 1. The minimum absolute atomic E-state index is 0.214. The second kappa shape index (κ2) is 9.30. The van der Waals surface area contributed by atoms with Gasteiger partial charge in [0.2, 0.25) is 0 Å². The fourth-order valence-electron chi connectivity index (χ4n) is 3.56. The second-order valence-corrected chi connectivity index (χ2v) is 8.88. The molecule has 1 amide bonds. The zero-order chi connectivity index (χ0) is 21.7. The molecule has 0 spiro atoms. The largest absolute Gasteiger partial charge is 0.469 e. The van der Waals surface area contributed by atoms with Gasteiger partial charge in [-0.3, -0.25) is 4.79 Å². The highest BCUT2D eigenvalue weighted by molar-refractivity contribution is 5.69. The third-order valence-corrected chi connectivity index (χ3v) is 5.47. The number of amides is 1. The average Bonchev–Trinajstić information content (AvgIpc) is 2.70. The number of ether oxygens (including phenoxy) is 2. The summed E-state index contributed by atoms with van der Waals surface area (Å²) in [5.41, 5.74) is 0.905. The lowest BCUT2D eigenvalue weighted by molar-refractivity contribution is -0.140. The van der Waals surface area contributed by atoms with Crippen LogP contribution in [0.2, 0.25) is 0 Å². The van der Waals surface area contributed by atoms with E-state index in [9.17, 15) is 14.9 Å². The third kappa shape index (κ3) is 6.22. The van der Waals surface area contributed by atoms with Crippen molar-refractivity contribution in [1.29, 1.82) is 5.26 Å². The summed E-state index contributed by atoms with van der Waals surface area (Å²) in [6.07, 6.45) is 2.16. The molecule has 1 aliphatic heterocycles. The summed E-state index contributed by atoms with van der Waals surface area (Å²) < 4.78 is 10.1. The molecule has 158 valence electrons. The van der Waals surface area contributed by atoms with Crippen LogP contribution in [0.1, 0.15) is 70.4 Å². The predicted molar refractivity (Wildman–Crippen MR) is 110 cm³/mol. The SMILES string of the molecule is COC(=O)CCC(C)(C#N)c1ccc(C2CCN(C(=O)OC(C)(C)C)CC2)cc1. The molecule has 1 aromatic rings. The van der Waals surface area contributed by atoms with Gasteiger partial charge in [-0.25, -0.2) is 4.79 Å². The van der Waals surface area contributed by atoms with Gasteiger partial charge in [-0.15, -0.1) is 0 Å². The van der Waals surface area contributed by atoms with Crippen LogP contribution in [0.3, 0.4) is 0 Å². The number of rotatable bonds is 5. The monoisotopic (exact) mass is 400 g/mol. The number of likely N-dealkylation sites (tertiary alicyclic amines) is 1. The second-order valence-electron chi connectivity index (χ2n) is 8.88. The van der Waals surface area contributed by atoms with Crippen molar-refractivity contribution >= 4 is 12.1 Å². The molecule has 1 unspecified atom stereocenters. The highest BCUT2D eigenvalue weighted by atomic mass is 16.6. The lowest BCUT2D eigenvalue weighted by Gasteiger charge is -2.33. The normalized spacial score (nSPS) is 17.2. The number of hydrogen-bond donors (Lipinski definition) is 0. The number of esters is 1. The van der Waals surface area contributed by atoms with E-state index in [0.29, 0.717) is 25.4 Å². The quantitative estimate of drug-likeness (QED) is 0.678. The van der Waals surface area contributed by atoms with Crippen LogP contribution in [0.25, 0.3) is 0 Å². The van der Waals surface area contributed by atoms with Crippen molar-refractivity contribution in [2.75, 3.05) is 20.2 Å². The molecule has 0 bridgehead atoms. The van der Waals surface area contributed by atoms with E-state index in [1.165, 1.54) is 12.7 Å². The van der Waals surface area contributed by atoms with E-state index in [4.69, 9.17) is 9.47 Å². The van der Waals surface area contributed by atoms with Crippen molar-refractivity contribution < 1.29 is 19.1 Å². The summed E-state index contributed by atoms with van der Waals surface area (Å²) in [6, 6.07) is 10.4. The highest BCUT2D eigenvalue weighted by Crippen LogP contribution is 2.33. The number of carbonyl (C=O) groups excluding carboxylic acids is 2. The van der Waals surface area contributed by atoms with Crippen molar-refractivity contribution in [3.8, 4) is 6.07 Å². The summed E-state index contributed by atoms with van der Waals surface area (Å²) in [5, 5.41) is 9.65.